The molecule has 1 N–H and O–H groups in total. The molecule has 2 heterocycles. The molecule has 2 rings (SSSR count). The molecule has 0 radical (unpaired) electrons. The summed E-state index contributed by atoms with van der Waals surface area (Å²) in [5, 5.41) is 19.4. The molecule has 0 aliphatic rings. The van der Waals surface area contributed by atoms with Crippen LogP contribution in [0.5, 0.6) is 0 Å². The van der Waals surface area contributed by atoms with Crippen LogP contribution < -0.4 is 0 Å². The van der Waals surface area contributed by atoms with Gasteiger partial charge in [-0.1, -0.05) is 6.92 Å². The zero-order valence-electron chi connectivity index (χ0n) is 11.5. The lowest BCUT2D eigenvalue weighted by Gasteiger charge is -2.14. The number of aliphatic hydroxyl groups excluding tert-OH is 1. The molecule has 6 heteroatoms. The number of rotatable bonds is 5. The van der Waals surface area contributed by atoms with Crippen LogP contribution >= 0.6 is 15.9 Å². The van der Waals surface area contributed by atoms with Gasteiger partial charge in [0.2, 0.25) is 0 Å². The van der Waals surface area contributed by atoms with E-state index < -0.39 is 6.10 Å². The van der Waals surface area contributed by atoms with E-state index in [0.29, 0.717) is 0 Å². The van der Waals surface area contributed by atoms with Gasteiger partial charge < -0.3 is 5.11 Å². The monoisotopic (exact) mass is 326 g/mol. The van der Waals surface area contributed by atoms with Crippen LogP contribution in [0.4, 0.5) is 0 Å². The maximum atomic E-state index is 10.6. The largest absolute Gasteiger partial charge is 0.380 e. The number of aryl methyl sites for hydroxylation is 3. The fraction of sp³-hybridized carbons (Fsp3) is 0.538. The van der Waals surface area contributed by atoms with Gasteiger partial charge in [-0.15, -0.1) is 0 Å². The van der Waals surface area contributed by atoms with E-state index in [1.165, 1.54) is 0 Å². The van der Waals surface area contributed by atoms with Crippen molar-refractivity contribution in [1.82, 2.24) is 19.6 Å². The molecule has 0 saturated carbocycles. The van der Waals surface area contributed by atoms with E-state index in [-0.39, 0.29) is 0 Å². The first-order valence-electron chi connectivity index (χ1n) is 6.58. The summed E-state index contributed by atoms with van der Waals surface area (Å²) in [4.78, 5) is 0. The van der Waals surface area contributed by atoms with Gasteiger partial charge in [-0.05, 0) is 42.3 Å². The van der Waals surface area contributed by atoms with E-state index >= 15 is 0 Å². The van der Waals surface area contributed by atoms with Crippen LogP contribution in [0.3, 0.4) is 0 Å². The van der Waals surface area contributed by atoms with Crippen LogP contribution in [0, 0.1) is 0 Å². The van der Waals surface area contributed by atoms with Gasteiger partial charge in [-0.25, -0.2) is 0 Å². The van der Waals surface area contributed by atoms with Gasteiger partial charge in [0.15, 0.2) is 0 Å². The maximum Gasteiger partial charge on any atom is 0.138 e. The average Bonchev–Trinajstić information content (AvgIpc) is 3.00. The van der Waals surface area contributed by atoms with Gasteiger partial charge in [0.05, 0.1) is 27.8 Å². The van der Waals surface area contributed by atoms with Gasteiger partial charge in [0.1, 0.15) is 6.10 Å². The molecule has 104 valence electrons. The molecule has 0 aliphatic heterocycles. The number of aromatic nitrogens is 4. The standard InChI is InChI=1S/C13H19BrN4O/c1-4-9-7-11(17(5-2)16-9)13(19)12-10(14)8-15-18(12)6-3/h7-8,13,19H,4-6H2,1-3H3. The molecule has 2 aromatic heterocycles. The minimum Gasteiger partial charge on any atom is -0.380 e. The summed E-state index contributed by atoms with van der Waals surface area (Å²) >= 11 is 3.45. The number of nitrogens with zero attached hydrogens (tertiary/aromatic N) is 4. The predicted molar refractivity (Wildman–Crippen MR) is 76.9 cm³/mol. The zero-order chi connectivity index (χ0) is 14.0. The van der Waals surface area contributed by atoms with Crippen LogP contribution in [0.25, 0.3) is 0 Å². The maximum absolute atomic E-state index is 10.6. The zero-order valence-corrected chi connectivity index (χ0v) is 13.1. The van der Waals surface area contributed by atoms with E-state index in [0.717, 1.165) is 41.1 Å². The average molecular weight is 327 g/mol. The number of hydrogen-bond donors (Lipinski definition) is 1. The highest BCUT2D eigenvalue weighted by Crippen LogP contribution is 2.29. The molecule has 0 fully saturated rings. The van der Waals surface area contributed by atoms with Crippen molar-refractivity contribution in [2.24, 2.45) is 0 Å². The van der Waals surface area contributed by atoms with Crippen molar-refractivity contribution in [2.45, 2.75) is 46.4 Å². The summed E-state index contributed by atoms with van der Waals surface area (Å²) < 4.78 is 4.47. The fourth-order valence-corrected chi connectivity index (χ4v) is 2.68. The first-order chi connectivity index (χ1) is 9.12. The minimum absolute atomic E-state index is 0.718. The molecule has 19 heavy (non-hydrogen) atoms. The highest BCUT2D eigenvalue weighted by Gasteiger charge is 2.23. The second kappa shape index (κ2) is 5.88. The summed E-state index contributed by atoms with van der Waals surface area (Å²) in [6, 6.07) is 1.97. The van der Waals surface area contributed by atoms with Crippen LogP contribution in [-0.4, -0.2) is 24.7 Å². The van der Waals surface area contributed by atoms with Crippen molar-refractivity contribution in [3.8, 4) is 0 Å². The molecule has 0 aromatic carbocycles. The lowest BCUT2D eigenvalue weighted by Crippen LogP contribution is -2.14. The van der Waals surface area contributed by atoms with E-state index in [9.17, 15) is 5.11 Å². The normalized spacial score (nSPS) is 12.9. The van der Waals surface area contributed by atoms with Crippen LogP contribution in [0.1, 0.15) is 44.0 Å². The van der Waals surface area contributed by atoms with Crippen molar-refractivity contribution >= 4 is 15.9 Å². The quantitative estimate of drug-likeness (QED) is 0.918. The molecular weight excluding hydrogens is 308 g/mol. The third-order valence-corrected chi connectivity index (χ3v) is 3.81. The third kappa shape index (κ3) is 2.60. The lowest BCUT2D eigenvalue weighted by molar-refractivity contribution is 0.195. The molecule has 0 bridgehead atoms. The summed E-state index contributed by atoms with van der Waals surface area (Å²) in [7, 11) is 0. The molecule has 0 amide bonds. The Bertz CT molecular complexity index is 561. The van der Waals surface area contributed by atoms with Crippen molar-refractivity contribution in [3.63, 3.8) is 0 Å². The van der Waals surface area contributed by atoms with E-state index in [1.807, 2.05) is 24.6 Å². The minimum atomic E-state index is -0.718. The molecule has 1 atom stereocenters. The van der Waals surface area contributed by atoms with Gasteiger partial charge in [-0.2, -0.15) is 10.2 Å². The van der Waals surface area contributed by atoms with Gasteiger partial charge in [0, 0.05) is 13.1 Å². The van der Waals surface area contributed by atoms with E-state index in [4.69, 9.17) is 0 Å². The summed E-state index contributed by atoms with van der Waals surface area (Å²) in [6.45, 7) is 7.55. The Morgan fingerprint density at radius 2 is 1.95 bits per heavy atom. The highest BCUT2D eigenvalue weighted by molar-refractivity contribution is 9.10. The number of aliphatic hydroxyl groups is 1. The predicted octanol–water partition coefficient (Wildman–Crippen LogP) is 2.53. The molecule has 0 saturated heterocycles. The fourth-order valence-electron chi connectivity index (χ4n) is 2.17. The number of hydrogen-bond acceptors (Lipinski definition) is 3. The van der Waals surface area contributed by atoms with Crippen LogP contribution in [0.15, 0.2) is 16.7 Å². The summed E-state index contributed by atoms with van der Waals surface area (Å²) in [5.41, 5.74) is 2.59. The SMILES string of the molecule is CCc1cc(C(O)c2c(Br)cnn2CC)n(CC)n1. The second-order valence-electron chi connectivity index (χ2n) is 4.33. The molecular formula is C13H19BrN4O. The van der Waals surface area contributed by atoms with E-state index in [2.05, 4.69) is 33.1 Å². The van der Waals surface area contributed by atoms with Gasteiger partial charge >= 0.3 is 0 Å². The Morgan fingerprint density at radius 3 is 2.53 bits per heavy atom. The molecule has 2 aromatic rings. The van der Waals surface area contributed by atoms with E-state index in [1.54, 1.807) is 10.9 Å². The number of halogens is 1. The molecule has 0 aliphatic carbocycles. The Kier molecular flexibility index (Phi) is 4.42. The van der Waals surface area contributed by atoms with Crippen molar-refractivity contribution < 1.29 is 5.11 Å². The summed E-state index contributed by atoms with van der Waals surface area (Å²) in [5.74, 6) is 0. The Morgan fingerprint density at radius 1 is 1.26 bits per heavy atom. The third-order valence-electron chi connectivity index (χ3n) is 3.20. The molecule has 5 nitrogen and oxygen atoms in total. The van der Waals surface area contributed by atoms with Crippen molar-refractivity contribution in [1.29, 1.82) is 0 Å². The van der Waals surface area contributed by atoms with Gasteiger partial charge in [-0.3, -0.25) is 9.36 Å². The first-order valence-corrected chi connectivity index (χ1v) is 7.37. The van der Waals surface area contributed by atoms with Crippen molar-refractivity contribution in [3.05, 3.63) is 33.8 Å². The molecule has 1 unspecified atom stereocenters. The Hall–Kier alpha value is -1.14. The molecule has 0 spiro atoms. The van der Waals surface area contributed by atoms with Crippen LogP contribution in [0.2, 0.25) is 0 Å². The summed E-state index contributed by atoms with van der Waals surface area (Å²) in [6.07, 6.45) is 1.86. The topological polar surface area (TPSA) is 55.9 Å². The highest BCUT2D eigenvalue weighted by atomic mass is 79.9. The van der Waals surface area contributed by atoms with Crippen molar-refractivity contribution in [2.75, 3.05) is 0 Å². The first kappa shape index (κ1) is 14.3. The van der Waals surface area contributed by atoms with Crippen LogP contribution in [-0.2, 0) is 19.5 Å². The smallest absolute Gasteiger partial charge is 0.138 e. The lowest BCUT2D eigenvalue weighted by atomic mass is 10.1. The van der Waals surface area contributed by atoms with Gasteiger partial charge in [0.25, 0.3) is 0 Å². The Labute approximate surface area is 121 Å². The second-order valence-corrected chi connectivity index (χ2v) is 5.18. The Balaban J connectivity index is 2.45.